The Bertz CT molecular complexity index is 801. The fraction of sp³-hybridized carbons (Fsp3) is 0.300. The molecule has 134 valence electrons. The van der Waals surface area contributed by atoms with Crippen LogP contribution < -0.4 is 16.2 Å². The Hall–Kier alpha value is -2.54. The lowest BCUT2D eigenvalue weighted by molar-refractivity contribution is 0.443. The number of hydrazine groups is 1. The number of hydrogen-bond acceptors (Lipinski definition) is 5. The number of nitrogens with zero attached hydrogens (tertiary/aromatic N) is 3. The van der Waals surface area contributed by atoms with E-state index in [4.69, 9.17) is 0 Å². The first kappa shape index (κ1) is 16.9. The zero-order valence-corrected chi connectivity index (χ0v) is 14.7. The molecule has 2 aromatic heterocycles. The van der Waals surface area contributed by atoms with E-state index in [1.54, 1.807) is 0 Å². The second-order valence-corrected chi connectivity index (χ2v) is 6.63. The number of rotatable bonds is 7. The zero-order chi connectivity index (χ0) is 17.6. The lowest BCUT2D eigenvalue weighted by Gasteiger charge is -2.18. The van der Waals surface area contributed by atoms with E-state index in [9.17, 15) is 0 Å². The first-order chi connectivity index (χ1) is 12.9. The molecule has 1 aliphatic heterocycles. The maximum absolute atomic E-state index is 4.46. The standard InChI is InChI=1S/C20H24N6/c1-2-6-19(7-3-1)26-15-16(11-24-26)8-10-22-13-18-14-23-25-20(18)17-5-4-9-21-12-17/h1-7,9,11-12,15,18,20,22-23,25H,8,10,13-14H2. The Kier molecular flexibility index (Phi) is 5.35. The SMILES string of the molecule is c1ccc(-n2cc(CCNCC3CNNC3c3cccnc3)cn2)cc1. The van der Waals surface area contributed by atoms with Gasteiger partial charge in [-0.05, 0) is 42.3 Å². The summed E-state index contributed by atoms with van der Waals surface area (Å²) in [7, 11) is 0. The van der Waals surface area contributed by atoms with Gasteiger partial charge < -0.3 is 5.32 Å². The highest BCUT2D eigenvalue weighted by Crippen LogP contribution is 2.23. The van der Waals surface area contributed by atoms with Crippen LogP contribution in [0, 0.1) is 5.92 Å². The van der Waals surface area contributed by atoms with E-state index < -0.39 is 0 Å². The third-order valence-electron chi connectivity index (χ3n) is 4.79. The average Bonchev–Trinajstić information content (AvgIpc) is 3.36. The molecular weight excluding hydrogens is 324 g/mol. The number of aromatic nitrogens is 3. The summed E-state index contributed by atoms with van der Waals surface area (Å²) in [6, 6.07) is 14.6. The van der Waals surface area contributed by atoms with Crippen LogP contribution >= 0.6 is 0 Å². The van der Waals surface area contributed by atoms with Crippen molar-refractivity contribution in [1.29, 1.82) is 0 Å². The van der Waals surface area contributed by atoms with Crippen LogP contribution in [0.2, 0.25) is 0 Å². The summed E-state index contributed by atoms with van der Waals surface area (Å²) in [5.74, 6) is 0.506. The van der Waals surface area contributed by atoms with Gasteiger partial charge in [-0.15, -0.1) is 0 Å². The van der Waals surface area contributed by atoms with E-state index in [1.165, 1.54) is 11.1 Å². The molecule has 6 heteroatoms. The van der Waals surface area contributed by atoms with Crippen LogP contribution in [-0.4, -0.2) is 34.4 Å². The normalized spacial score (nSPS) is 19.7. The van der Waals surface area contributed by atoms with E-state index in [-0.39, 0.29) is 0 Å². The van der Waals surface area contributed by atoms with Gasteiger partial charge in [0.05, 0.1) is 17.9 Å². The molecule has 0 bridgehead atoms. The van der Waals surface area contributed by atoms with Crippen LogP contribution in [-0.2, 0) is 6.42 Å². The van der Waals surface area contributed by atoms with E-state index in [0.717, 1.165) is 31.7 Å². The number of nitrogens with one attached hydrogen (secondary N) is 3. The molecule has 2 atom stereocenters. The molecule has 6 nitrogen and oxygen atoms in total. The minimum absolute atomic E-state index is 0.303. The number of para-hydroxylation sites is 1. The molecule has 1 aromatic carbocycles. The van der Waals surface area contributed by atoms with Crippen LogP contribution in [0.25, 0.3) is 5.69 Å². The summed E-state index contributed by atoms with van der Waals surface area (Å²) in [5.41, 5.74) is 10.2. The van der Waals surface area contributed by atoms with Crippen molar-refractivity contribution in [3.8, 4) is 5.69 Å². The van der Waals surface area contributed by atoms with Gasteiger partial charge in [0, 0.05) is 37.6 Å². The molecule has 3 aromatic rings. The fourth-order valence-corrected chi connectivity index (χ4v) is 3.37. The Labute approximate surface area is 153 Å². The van der Waals surface area contributed by atoms with Gasteiger partial charge in [0.1, 0.15) is 0 Å². The van der Waals surface area contributed by atoms with Gasteiger partial charge in [-0.1, -0.05) is 24.3 Å². The molecule has 0 aliphatic carbocycles. The predicted octanol–water partition coefficient (Wildman–Crippen LogP) is 1.86. The minimum Gasteiger partial charge on any atom is -0.316 e. The highest BCUT2D eigenvalue weighted by Gasteiger charge is 2.27. The van der Waals surface area contributed by atoms with E-state index >= 15 is 0 Å². The van der Waals surface area contributed by atoms with Gasteiger partial charge >= 0.3 is 0 Å². The molecular formula is C20H24N6. The van der Waals surface area contributed by atoms with Crippen LogP contribution in [0.15, 0.2) is 67.3 Å². The molecule has 1 aliphatic rings. The highest BCUT2D eigenvalue weighted by atomic mass is 15.4. The van der Waals surface area contributed by atoms with Gasteiger partial charge in [0.25, 0.3) is 0 Å². The fourth-order valence-electron chi connectivity index (χ4n) is 3.37. The van der Waals surface area contributed by atoms with Crippen LogP contribution in [0.4, 0.5) is 0 Å². The van der Waals surface area contributed by atoms with Crippen molar-refractivity contribution in [1.82, 2.24) is 30.9 Å². The van der Waals surface area contributed by atoms with E-state index in [2.05, 4.69) is 50.6 Å². The van der Waals surface area contributed by atoms with Crippen LogP contribution in [0.1, 0.15) is 17.2 Å². The maximum Gasteiger partial charge on any atom is 0.0645 e. The Morgan fingerprint density at radius 1 is 1.12 bits per heavy atom. The molecule has 0 radical (unpaired) electrons. The molecule has 3 N–H and O–H groups in total. The van der Waals surface area contributed by atoms with Gasteiger partial charge in [-0.3, -0.25) is 10.4 Å². The molecule has 1 saturated heterocycles. The topological polar surface area (TPSA) is 66.8 Å². The van der Waals surface area contributed by atoms with Gasteiger partial charge in [0.2, 0.25) is 0 Å². The smallest absolute Gasteiger partial charge is 0.0645 e. The summed E-state index contributed by atoms with van der Waals surface area (Å²) in [4.78, 5) is 4.23. The third-order valence-corrected chi connectivity index (χ3v) is 4.79. The first-order valence-electron chi connectivity index (χ1n) is 9.08. The van der Waals surface area contributed by atoms with Crippen molar-refractivity contribution in [2.24, 2.45) is 5.92 Å². The van der Waals surface area contributed by atoms with Gasteiger partial charge in [-0.25, -0.2) is 10.1 Å². The number of benzene rings is 1. The average molecular weight is 348 g/mol. The van der Waals surface area contributed by atoms with Crippen molar-refractivity contribution in [2.75, 3.05) is 19.6 Å². The number of pyridine rings is 1. The molecule has 1 fully saturated rings. The van der Waals surface area contributed by atoms with Crippen molar-refractivity contribution in [3.05, 3.63) is 78.4 Å². The van der Waals surface area contributed by atoms with Crippen molar-refractivity contribution in [3.63, 3.8) is 0 Å². The summed E-state index contributed by atoms with van der Waals surface area (Å²) in [6.45, 7) is 2.86. The van der Waals surface area contributed by atoms with E-state index in [1.807, 2.05) is 47.5 Å². The predicted molar refractivity (Wildman–Crippen MR) is 102 cm³/mol. The Morgan fingerprint density at radius 2 is 2.04 bits per heavy atom. The van der Waals surface area contributed by atoms with Gasteiger partial charge in [0.15, 0.2) is 0 Å². The summed E-state index contributed by atoms with van der Waals surface area (Å²) >= 11 is 0. The van der Waals surface area contributed by atoms with Crippen molar-refractivity contribution < 1.29 is 0 Å². The molecule has 0 saturated carbocycles. The van der Waals surface area contributed by atoms with E-state index in [0.29, 0.717) is 12.0 Å². The zero-order valence-electron chi connectivity index (χ0n) is 14.7. The monoisotopic (exact) mass is 348 g/mol. The molecule has 26 heavy (non-hydrogen) atoms. The Balaban J connectivity index is 1.26. The largest absolute Gasteiger partial charge is 0.316 e. The molecule has 4 rings (SSSR count). The quantitative estimate of drug-likeness (QED) is 0.569. The lowest BCUT2D eigenvalue weighted by atomic mass is 9.96. The summed E-state index contributed by atoms with van der Waals surface area (Å²) in [6.07, 6.45) is 8.78. The van der Waals surface area contributed by atoms with Crippen LogP contribution in [0.3, 0.4) is 0 Å². The van der Waals surface area contributed by atoms with Crippen molar-refractivity contribution in [2.45, 2.75) is 12.5 Å². The number of hydrogen-bond donors (Lipinski definition) is 3. The molecule has 0 spiro atoms. The summed E-state index contributed by atoms with van der Waals surface area (Å²) in [5, 5.41) is 8.04. The van der Waals surface area contributed by atoms with Gasteiger partial charge in [-0.2, -0.15) is 5.10 Å². The molecule has 3 heterocycles. The summed E-state index contributed by atoms with van der Waals surface area (Å²) < 4.78 is 1.93. The van der Waals surface area contributed by atoms with Crippen LogP contribution in [0.5, 0.6) is 0 Å². The minimum atomic E-state index is 0.303. The maximum atomic E-state index is 4.46. The lowest BCUT2D eigenvalue weighted by Crippen LogP contribution is -2.30. The molecule has 0 amide bonds. The highest BCUT2D eigenvalue weighted by molar-refractivity contribution is 5.30. The second-order valence-electron chi connectivity index (χ2n) is 6.63. The Morgan fingerprint density at radius 3 is 2.88 bits per heavy atom. The second kappa shape index (κ2) is 8.23. The van der Waals surface area contributed by atoms with Crippen molar-refractivity contribution >= 4 is 0 Å². The third kappa shape index (κ3) is 3.99. The molecule has 2 unspecified atom stereocenters. The first-order valence-corrected chi connectivity index (χ1v) is 9.08.